The van der Waals surface area contributed by atoms with E-state index in [1.165, 1.54) is 61.6 Å². The van der Waals surface area contributed by atoms with E-state index in [1.54, 1.807) is 5.56 Å². The number of nitrogens with one attached hydrogen (secondary N) is 1. The topological polar surface area (TPSA) is 12.0 Å². The molecule has 21 heavy (non-hydrogen) atoms. The van der Waals surface area contributed by atoms with Crippen LogP contribution in [0, 0.1) is 5.92 Å². The van der Waals surface area contributed by atoms with Crippen LogP contribution >= 0.6 is 11.3 Å². The normalized spacial score (nSPS) is 23.3. The quantitative estimate of drug-likeness (QED) is 0.730. The monoisotopic (exact) mass is 301 g/mol. The molecule has 1 heterocycles. The van der Waals surface area contributed by atoms with Crippen LogP contribution in [0.1, 0.15) is 51.0 Å². The molecule has 1 nitrogen and oxygen atoms in total. The van der Waals surface area contributed by atoms with Crippen molar-refractivity contribution < 1.29 is 0 Å². The fourth-order valence-electron chi connectivity index (χ4n) is 3.68. The number of rotatable bonds is 5. The third-order valence-electron chi connectivity index (χ3n) is 4.79. The van der Waals surface area contributed by atoms with E-state index in [0.29, 0.717) is 0 Å². The van der Waals surface area contributed by atoms with Crippen molar-refractivity contribution >= 4 is 21.4 Å². The van der Waals surface area contributed by atoms with Gasteiger partial charge in [-0.3, -0.25) is 0 Å². The lowest BCUT2D eigenvalue weighted by Gasteiger charge is -2.21. The first-order valence-electron chi connectivity index (χ1n) is 8.55. The van der Waals surface area contributed by atoms with E-state index in [-0.39, 0.29) is 0 Å². The Balaban J connectivity index is 1.67. The smallest absolute Gasteiger partial charge is 0.0345 e. The summed E-state index contributed by atoms with van der Waals surface area (Å²) >= 11 is 1.91. The molecule has 0 saturated heterocycles. The Hall–Kier alpha value is -0.860. The molecule has 0 bridgehead atoms. The standard InChI is InChI=1S/C19H27NS/c1-2-11-20-17-8-4-3-7-15(13-17)12-16-14-21-19-10-6-5-9-18(16)19/h5-6,9-10,14-15,17,20H,2-4,7-8,11-13H2,1H3. The predicted octanol–water partition coefficient (Wildman–Crippen LogP) is 5.39. The minimum Gasteiger partial charge on any atom is -0.314 e. The summed E-state index contributed by atoms with van der Waals surface area (Å²) in [4.78, 5) is 0. The van der Waals surface area contributed by atoms with Gasteiger partial charge in [0, 0.05) is 10.7 Å². The zero-order valence-electron chi connectivity index (χ0n) is 13.1. The number of fused-ring (bicyclic) bond motifs is 1. The van der Waals surface area contributed by atoms with Crippen LogP contribution in [0.25, 0.3) is 10.1 Å². The first kappa shape index (κ1) is 15.1. The molecule has 0 spiro atoms. The fourth-order valence-corrected chi connectivity index (χ4v) is 4.66. The van der Waals surface area contributed by atoms with Gasteiger partial charge < -0.3 is 5.32 Å². The Morgan fingerprint density at radius 1 is 1.19 bits per heavy atom. The average Bonchev–Trinajstić information content (AvgIpc) is 2.77. The van der Waals surface area contributed by atoms with Crippen molar-refractivity contribution in [1.29, 1.82) is 0 Å². The number of hydrogen-bond donors (Lipinski definition) is 1. The van der Waals surface area contributed by atoms with Gasteiger partial charge in [-0.25, -0.2) is 0 Å². The molecule has 2 atom stereocenters. The Bertz CT molecular complexity index is 559. The lowest BCUT2D eigenvalue weighted by atomic mass is 9.91. The molecule has 0 radical (unpaired) electrons. The summed E-state index contributed by atoms with van der Waals surface area (Å²) in [6, 6.07) is 9.63. The molecule has 1 saturated carbocycles. The zero-order valence-corrected chi connectivity index (χ0v) is 13.9. The third-order valence-corrected chi connectivity index (χ3v) is 5.80. The van der Waals surface area contributed by atoms with Gasteiger partial charge in [0.2, 0.25) is 0 Å². The maximum absolute atomic E-state index is 3.76. The number of benzene rings is 1. The molecule has 2 unspecified atom stereocenters. The first-order chi connectivity index (χ1) is 10.4. The van der Waals surface area contributed by atoms with Gasteiger partial charge in [-0.2, -0.15) is 0 Å². The second kappa shape index (κ2) is 7.42. The summed E-state index contributed by atoms with van der Waals surface area (Å²) < 4.78 is 1.45. The molecule has 0 aliphatic heterocycles. The van der Waals surface area contributed by atoms with Gasteiger partial charge in [0.1, 0.15) is 0 Å². The largest absolute Gasteiger partial charge is 0.314 e. The Morgan fingerprint density at radius 3 is 2.95 bits per heavy atom. The van der Waals surface area contributed by atoms with Crippen LogP contribution in [-0.2, 0) is 6.42 Å². The van der Waals surface area contributed by atoms with E-state index in [4.69, 9.17) is 0 Å². The van der Waals surface area contributed by atoms with Crippen LogP contribution in [0.15, 0.2) is 29.6 Å². The van der Waals surface area contributed by atoms with Gasteiger partial charge in [-0.05, 0) is 60.5 Å². The molecule has 1 aromatic carbocycles. The number of thiophene rings is 1. The highest BCUT2D eigenvalue weighted by Gasteiger charge is 2.20. The molecule has 1 aromatic heterocycles. The van der Waals surface area contributed by atoms with Crippen LogP contribution in [0.4, 0.5) is 0 Å². The minimum atomic E-state index is 0.752. The van der Waals surface area contributed by atoms with Gasteiger partial charge >= 0.3 is 0 Å². The van der Waals surface area contributed by atoms with Crippen LogP contribution in [0.5, 0.6) is 0 Å². The molecule has 0 amide bonds. The Labute approximate surface area is 132 Å². The van der Waals surface area contributed by atoms with Crippen molar-refractivity contribution in [3.63, 3.8) is 0 Å². The molecule has 1 N–H and O–H groups in total. The van der Waals surface area contributed by atoms with E-state index in [9.17, 15) is 0 Å². The highest BCUT2D eigenvalue weighted by Crippen LogP contribution is 2.32. The maximum Gasteiger partial charge on any atom is 0.0345 e. The van der Waals surface area contributed by atoms with Gasteiger partial charge in [0.15, 0.2) is 0 Å². The van der Waals surface area contributed by atoms with Crippen molar-refractivity contribution in [3.8, 4) is 0 Å². The zero-order chi connectivity index (χ0) is 14.5. The van der Waals surface area contributed by atoms with Gasteiger partial charge in [-0.1, -0.05) is 44.4 Å². The van der Waals surface area contributed by atoms with E-state index in [0.717, 1.165) is 12.0 Å². The van der Waals surface area contributed by atoms with E-state index in [2.05, 4.69) is 41.9 Å². The Morgan fingerprint density at radius 2 is 2.05 bits per heavy atom. The summed E-state index contributed by atoms with van der Waals surface area (Å²) in [5.74, 6) is 0.861. The molecule has 1 fully saturated rings. The van der Waals surface area contributed by atoms with Crippen LogP contribution in [0.2, 0.25) is 0 Å². The summed E-state index contributed by atoms with van der Waals surface area (Å²) in [6.07, 6.45) is 9.49. The van der Waals surface area contributed by atoms with Gasteiger partial charge in [-0.15, -0.1) is 11.3 Å². The molecular weight excluding hydrogens is 274 g/mol. The van der Waals surface area contributed by atoms with Crippen molar-refractivity contribution in [1.82, 2.24) is 5.32 Å². The molecule has 114 valence electrons. The maximum atomic E-state index is 3.76. The number of hydrogen-bond acceptors (Lipinski definition) is 2. The van der Waals surface area contributed by atoms with Crippen molar-refractivity contribution in [2.24, 2.45) is 5.92 Å². The molecular formula is C19H27NS. The van der Waals surface area contributed by atoms with Crippen LogP contribution in [-0.4, -0.2) is 12.6 Å². The van der Waals surface area contributed by atoms with Crippen molar-refractivity contribution in [2.45, 2.75) is 57.9 Å². The first-order valence-corrected chi connectivity index (χ1v) is 9.43. The summed E-state index contributed by atoms with van der Waals surface area (Å²) in [6.45, 7) is 3.44. The second-order valence-corrected chi connectivity index (χ2v) is 7.41. The van der Waals surface area contributed by atoms with E-state index < -0.39 is 0 Å². The van der Waals surface area contributed by atoms with Crippen LogP contribution < -0.4 is 5.32 Å². The van der Waals surface area contributed by atoms with Crippen molar-refractivity contribution in [2.75, 3.05) is 6.54 Å². The van der Waals surface area contributed by atoms with Gasteiger partial charge in [0.25, 0.3) is 0 Å². The second-order valence-electron chi connectivity index (χ2n) is 6.50. The summed E-state index contributed by atoms with van der Waals surface area (Å²) in [7, 11) is 0. The minimum absolute atomic E-state index is 0.752. The molecule has 2 heteroatoms. The molecule has 3 rings (SSSR count). The lowest BCUT2D eigenvalue weighted by molar-refractivity contribution is 0.385. The van der Waals surface area contributed by atoms with Crippen LogP contribution in [0.3, 0.4) is 0 Å². The summed E-state index contributed by atoms with van der Waals surface area (Å²) in [5.41, 5.74) is 1.58. The Kier molecular flexibility index (Phi) is 5.32. The highest BCUT2D eigenvalue weighted by atomic mass is 32.1. The van der Waals surface area contributed by atoms with E-state index >= 15 is 0 Å². The third kappa shape index (κ3) is 3.87. The predicted molar refractivity (Wildman–Crippen MR) is 94.2 cm³/mol. The lowest BCUT2D eigenvalue weighted by Crippen LogP contribution is -2.31. The highest BCUT2D eigenvalue weighted by molar-refractivity contribution is 7.17. The molecule has 1 aliphatic rings. The average molecular weight is 301 g/mol. The SMILES string of the molecule is CCCNC1CCCCC(Cc2csc3ccccc23)C1. The molecule has 1 aliphatic carbocycles. The van der Waals surface area contributed by atoms with Gasteiger partial charge in [0.05, 0.1) is 0 Å². The van der Waals surface area contributed by atoms with E-state index in [1.807, 2.05) is 11.3 Å². The fraction of sp³-hybridized carbons (Fsp3) is 0.579. The molecule has 2 aromatic rings. The summed E-state index contributed by atoms with van der Waals surface area (Å²) in [5, 5.41) is 7.64. The van der Waals surface area contributed by atoms with Crippen molar-refractivity contribution in [3.05, 3.63) is 35.2 Å².